The van der Waals surface area contributed by atoms with Crippen molar-refractivity contribution in [3.05, 3.63) is 33.8 Å². The van der Waals surface area contributed by atoms with Gasteiger partial charge in [-0.3, -0.25) is 0 Å². The standard InChI is InChI=1S/C14H19Cl2NO/c1-17-13(14(18-2)10-4-5-10)8-9-3-6-11(15)12(16)7-9/h3,6-7,10,13-14,17H,4-5,8H2,1-2H3. The molecular weight excluding hydrogens is 269 g/mol. The van der Waals surface area contributed by atoms with Crippen molar-refractivity contribution in [2.24, 2.45) is 5.92 Å². The number of likely N-dealkylation sites (N-methyl/N-ethyl adjacent to an activating group) is 1. The summed E-state index contributed by atoms with van der Waals surface area (Å²) in [6, 6.07) is 6.14. The first-order valence-corrected chi connectivity index (χ1v) is 7.05. The van der Waals surface area contributed by atoms with E-state index in [2.05, 4.69) is 5.32 Å². The molecule has 0 aromatic heterocycles. The molecule has 1 aliphatic carbocycles. The fraction of sp³-hybridized carbons (Fsp3) is 0.571. The second-order valence-corrected chi connectivity index (χ2v) is 5.70. The molecule has 0 heterocycles. The van der Waals surface area contributed by atoms with Gasteiger partial charge in [-0.15, -0.1) is 0 Å². The first-order chi connectivity index (χ1) is 8.65. The highest BCUT2D eigenvalue weighted by atomic mass is 35.5. The van der Waals surface area contributed by atoms with Crippen molar-refractivity contribution in [1.29, 1.82) is 0 Å². The van der Waals surface area contributed by atoms with Crippen LogP contribution in [0.25, 0.3) is 0 Å². The van der Waals surface area contributed by atoms with Gasteiger partial charge in [0, 0.05) is 13.2 Å². The molecule has 0 bridgehead atoms. The van der Waals surface area contributed by atoms with Gasteiger partial charge in [-0.05, 0) is 49.9 Å². The van der Waals surface area contributed by atoms with E-state index in [-0.39, 0.29) is 6.10 Å². The Kier molecular flexibility index (Phi) is 4.91. The highest BCUT2D eigenvalue weighted by Gasteiger charge is 2.36. The van der Waals surface area contributed by atoms with Gasteiger partial charge in [0.25, 0.3) is 0 Å². The molecule has 1 saturated carbocycles. The number of rotatable bonds is 6. The zero-order valence-corrected chi connectivity index (χ0v) is 12.3. The minimum Gasteiger partial charge on any atom is -0.380 e. The molecule has 0 aliphatic heterocycles. The Hall–Kier alpha value is -0.280. The van der Waals surface area contributed by atoms with E-state index >= 15 is 0 Å². The van der Waals surface area contributed by atoms with Crippen LogP contribution < -0.4 is 5.32 Å². The molecular formula is C14H19Cl2NO. The smallest absolute Gasteiger partial charge is 0.0755 e. The number of halogens is 2. The maximum absolute atomic E-state index is 6.05. The predicted molar refractivity (Wildman–Crippen MR) is 76.5 cm³/mol. The molecule has 100 valence electrons. The van der Waals surface area contributed by atoms with E-state index in [0.29, 0.717) is 22.0 Å². The van der Waals surface area contributed by atoms with Crippen LogP contribution in [0.1, 0.15) is 18.4 Å². The van der Waals surface area contributed by atoms with E-state index in [4.69, 9.17) is 27.9 Å². The topological polar surface area (TPSA) is 21.3 Å². The largest absolute Gasteiger partial charge is 0.380 e. The maximum Gasteiger partial charge on any atom is 0.0755 e. The van der Waals surface area contributed by atoms with E-state index in [1.54, 1.807) is 7.11 Å². The van der Waals surface area contributed by atoms with E-state index in [1.165, 1.54) is 18.4 Å². The number of hydrogen-bond donors (Lipinski definition) is 1. The molecule has 2 unspecified atom stereocenters. The summed E-state index contributed by atoms with van der Waals surface area (Å²) in [5.41, 5.74) is 1.19. The Bertz CT molecular complexity index is 407. The molecule has 1 fully saturated rings. The average Bonchev–Trinajstić information content (AvgIpc) is 3.18. The van der Waals surface area contributed by atoms with E-state index in [0.717, 1.165) is 6.42 Å². The third-order valence-electron chi connectivity index (χ3n) is 3.57. The van der Waals surface area contributed by atoms with Crippen LogP contribution in [0.15, 0.2) is 18.2 Å². The molecule has 4 heteroatoms. The number of ether oxygens (including phenoxy) is 1. The van der Waals surface area contributed by atoms with Crippen molar-refractivity contribution in [2.75, 3.05) is 14.2 Å². The van der Waals surface area contributed by atoms with E-state index < -0.39 is 0 Å². The van der Waals surface area contributed by atoms with Crippen molar-refractivity contribution in [3.8, 4) is 0 Å². The number of nitrogens with one attached hydrogen (secondary N) is 1. The van der Waals surface area contributed by atoms with Gasteiger partial charge in [-0.1, -0.05) is 29.3 Å². The summed E-state index contributed by atoms with van der Waals surface area (Å²) in [4.78, 5) is 0. The van der Waals surface area contributed by atoms with Gasteiger partial charge in [0.1, 0.15) is 0 Å². The quantitative estimate of drug-likeness (QED) is 0.864. The normalized spacial score (nSPS) is 18.7. The monoisotopic (exact) mass is 287 g/mol. The summed E-state index contributed by atoms with van der Waals surface area (Å²) in [6.07, 6.45) is 3.74. The highest BCUT2D eigenvalue weighted by molar-refractivity contribution is 6.42. The molecule has 0 saturated heterocycles. The second kappa shape index (κ2) is 6.25. The van der Waals surface area contributed by atoms with E-state index in [1.807, 2.05) is 25.2 Å². The zero-order valence-electron chi connectivity index (χ0n) is 10.7. The molecule has 1 N–H and O–H groups in total. The second-order valence-electron chi connectivity index (χ2n) is 4.89. The van der Waals surface area contributed by atoms with Crippen LogP contribution in [0.5, 0.6) is 0 Å². The van der Waals surface area contributed by atoms with Crippen molar-refractivity contribution < 1.29 is 4.74 Å². The first-order valence-electron chi connectivity index (χ1n) is 6.29. The lowest BCUT2D eigenvalue weighted by Crippen LogP contribution is -2.41. The van der Waals surface area contributed by atoms with Crippen LogP contribution >= 0.6 is 23.2 Å². The molecule has 18 heavy (non-hydrogen) atoms. The molecule has 1 aromatic rings. The lowest BCUT2D eigenvalue weighted by Gasteiger charge is -2.26. The predicted octanol–water partition coefficient (Wildman–Crippen LogP) is 3.55. The molecule has 2 rings (SSSR count). The Morgan fingerprint density at radius 1 is 1.33 bits per heavy atom. The summed E-state index contributed by atoms with van der Waals surface area (Å²) in [5.74, 6) is 0.704. The van der Waals surface area contributed by atoms with Gasteiger partial charge in [0.15, 0.2) is 0 Å². The van der Waals surface area contributed by atoms with Crippen molar-refractivity contribution in [1.82, 2.24) is 5.32 Å². The van der Waals surface area contributed by atoms with Gasteiger partial charge in [-0.2, -0.15) is 0 Å². The van der Waals surface area contributed by atoms with E-state index in [9.17, 15) is 0 Å². The van der Waals surface area contributed by atoms with Crippen LogP contribution in [0, 0.1) is 5.92 Å². The van der Waals surface area contributed by atoms with Crippen LogP contribution in [0.4, 0.5) is 0 Å². The molecule has 0 amide bonds. The number of methoxy groups -OCH3 is 1. The van der Waals surface area contributed by atoms with Crippen LogP contribution in [0.3, 0.4) is 0 Å². The Morgan fingerprint density at radius 3 is 2.56 bits per heavy atom. The highest BCUT2D eigenvalue weighted by Crippen LogP contribution is 2.36. The third kappa shape index (κ3) is 3.39. The number of hydrogen-bond acceptors (Lipinski definition) is 2. The molecule has 1 aliphatic rings. The van der Waals surface area contributed by atoms with Crippen molar-refractivity contribution in [3.63, 3.8) is 0 Å². The summed E-state index contributed by atoms with van der Waals surface area (Å²) in [7, 11) is 3.78. The number of benzene rings is 1. The molecule has 1 aromatic carbocycles. The van der Waals surface area contributed by atoms with Crippen LogP contribution in [0.2, 0.25) is 10.0 Å². The fourth-order valence-electron chi connectivity index (χ4n) is 2.41. The van der Waals surface area contributed by atoms with Crippen LogP contribution in [-0.4, -0.2) is 26.3 Å². The zero-order chi connectivity index (χ0) is 13.1. The van der Waals surface area contributed by atoms with Gasteiger partial charge in [0.2, 0.25) is 0 Å². The van der Waals surface area contributed by atoms with Gasteiger partial charge < -0.3 is 10.1 Å². The van der Waals surface area contributed by atoms with Gasteiger partial charge >= 0.3 is 0 Å². The summed E-state index contributed by atoms with van der Waals surface area (Å²) < 4.78 is 5.63. The van der Waals surface area contributed by atoms with Gasteiger partial charge in [-0.25, -0.2) is 0 Å². The molecule has 2 nitrogen and oxygen atoms in total. The minimum atomic E-state index is 0.282. The van der Waals surface area contributed by atoms with Crippen molar-refractivity contribution in [2.45, 2.75) is 31.4 Å². The van der Waals surface area contributed by atoms with Crippen LogP contribution in [-0.2, 0) is 11.2 Å². The van der Waals surface area contributed by atoms with Gasteiger partial charge in [0.05, 0.1) is 16.1 Å². The lowest BCUT2D eigenvalue weighted by molar-refractivity contribution is 0.0534. The summed E-state index contributed by atoms with van der Waals surface area (Å²) in [5, 5.41) is 4.57. The van der Waals surface area contributed by atoms with Crippen molar-refractivity contribution >= 4 is 23.2 Å². The lowest BCUT2D eigenvalue weighted by atomic mass is 9.98. The molecule has 0 spiro atoms. The summed E-state index contributed by atoms with van der Waals surface area (Å²) >= 11 is 12.0. The molecule has 2 atom stereocenters. The Morgan fingerprint density at radius 2 is 2.06 bits per heavy atom. The average molecular weight is 288 g/mol. The Labute approximate surface area is 119 Å². The first kappa shape index (κ1) is 14.1. The third-order valence-corrected chi connectivity index (χ3v) is 4.30. The Balaban J connectivity index is 2.06. The minimum absolute atomic E-state index is 0.282. The fourth-order valence-corrected chi connectivity index (χ4v) is 2.73. The SMILES string of the molecule is CNC(Cc1ccc(Cl)c(Cl)c1)C(OC)C1CC1. The maximum atomic E-state index is 6.05. The summed E-state index contributed by atoms with van der Waals surface area (Å²) in [6.45, 7) is 0. The molecule has 0 radical (unpaired) electrons.